The first-order valence-electron chi connectivity index (χ1n) is 7.45. The summed E-state index contributed by atoms with van der Waals surface area (Å²) in [7, 11) is 1.52. The van der Waals surface area contributed by atoms with Crippen LogP contribution in [0.25, 0.3) is 10.9 Å². The molecule has 0 aliphatic carbocycles. The molecule has 0 saturated heterocycles. The van der Waals surface area contributed by atoms with Crippen molar-refractivity contribution < 1.29 is 9.53 Å². The molecule has 3 rings (SSSR count). The fourth-order valence-electron chi connectivity index (χ4n) is 2.28. The number of aryl methyl sites for hydroxylation is 1. The molecule has 124 valence electrons. The number of aromatic amines is 1. The van der Waals surface area contributed by atoms with Gasteiger partial charge in [0.25, 0.3) is 5.91 Å². The molecule has 0 atom stereocenters. The van der Waals surface area contributed by atoms with E-state index in [9.17, 15) is 9.59 Å². The number of hydrogen-bond donors (Lipinski definition) is 2. The largest absolute Gasteiger partial charge is 0.497 e. The van der Waals surface area contributed by atoms with Gasteiger partial charge in [-0.05, 0) is 24.6 Å². The van der Waals surface area contributed by atoms with E-state index in [0.29, 0.717) is 21.8 Å². The molecular weight excluding hydrogens is 328 g/mol. The van der Waals surface area contributed by atoms with Crippen molar-refractivity contribution in [3.8, 4) is 5.75 Å². The van der Waals surface area contributed by atoms with Crippen LogP contribution in [0.1, 0.15) is 28.7 Å². The Hall–Kier alpha value is -2.74. The Bertz CT molecular complexity index is 948. The highest BCUT2D eigenvalue weighted by molar-refractivity contribution is 7.15. The maximum atomic E-state index is 12.6. The number of carbonyl (C=O) groups is 1. The summed E-state index contributed by atoms with van der Waals surface area (Å²) in [6.45, 7) is 2.04. The Morgan fingerprint density at radius 1 is 1.38 bits per heavy atom. The van der Waals surface area contributed by atoms with Crippen molar-refractivity contribution in [2.45, 2.75) is 19.8 Å². The second-order valence-electron chi connectivity index (χ2n) is 5.15. The van der Waals surface area contributed by atoms with Crippen molar-refractivity contribution in [3.05, 3.63) is 45.2 Å². The number of hydrogen-bond acceptors (Lipinski definition) is 6. The topological polar surface area (TPSA) is 97.0 Å². The number of carbonyl (C=O) groups excluding carboxylic acids is 1. The average molecular weight is 344 g/mol. The standard InChI is InChI=1S/C16H16N4O3S/c1-3-4-13-19-20-16(24-13)18-15(22)11-8-17-12-6-5-9(23-2)7-10(12)14(11)21/h5-8H,3-4H2,1-2H3,(H,17,21)(H,18,20,22). The van der Waals surface area contributed by atoms with E-state index in [4.69, 9.17) is 4.74 Å². The Labute approximate surface area is 141 Å². The van der Waals surface area contributed by atoms with Gasteiger partial charge in [0.05, 0.1) is 7.11 Å². The molecule has 1 aromatic carbocycles. The van der Waals surface area contributed by atoms with Gasteiger partial charge in [-0.1, -0.05) is 18.3 Å². The van der Waals surface area contributed by atoms with Crippen LogP contribution in [0.2, 0.25) is 0 Å². The molecule has 2 heterocycles. The Morgan fingerprint density at radius 3 is 2.96 bits per heavy atom. The van der Waals surface area contributed by atoms with Gasteiger partial charge in [0, 0.05) is 23.5 Å². The van der Waals surface area contributed by atoms with Gasteiger partial charge in [-0.25, -0.2) is 0 Å². The molecule has 0 saturated carbocycles. The van der Waals surface area contributed by atoms with E-state index in [-0.39, 0.29) is 11.0 Å². The Balaban J connectivity index is 1.91. The summed E-state index contributed by atoms with van der Waals surface area (Å²) in [5.74, 6) is 0.0408. The number of methoxy groups -OCH3 is 1. The molecule has 8 heteroatoms. The van der Waals surface area contributed by atoms with Crippen molar-refractivity contribution in [1.29, 1.82) is 0 Å². The summed E-state index contributed by atoms with van der Waals surface area (Å²) in [6.07, 6.45) is 3.17. The SMILES string of the molecule is CCCc1nnc(NC(=O)c2c[nH]c3ccc(OC)cc3c2=O)s1. The Morgan fingerprint density at radius 2 is 2.21 bits per heavy atom. The predicted molar refractivity (Wildman–Crippen MR) is 93.0 cm³/mol. The van der Waals surface area contributed by atoms with Gasteiger partial charge in [-0.3, -0.25) is 14.9 Å². The minimum Gasteiger partial charge on any atom is -0.497 e. The number of aromatic nitrogens is 3. The molecule has 1 amide bonds. The van der Waals surface area contributed by atoms with Crippen LogP contribution in [-0.2, 0) is 6.42 Å². The van der Waals surface area contributed by atoms with E-state index in [1.807, 2.05) is 6.92 Å². The van der Waals surface area contributed by atoms with Gasteiger partial charge in [0.2, 0.25) is 10.6 Å². The maximum absolute atomic E-state index is 12.6. The second-order valence-corrected chi connectivity index (χ2v) is 6.21. The molecule has 3 aromatic rings. The van der Waals surface area contributed by atoms with Crippen LogP contribution in [0.15, 0.2) is 29.2 Å². The average Bonchev–Trinajstić information content (AvgIpc) is 3.02. The number of pyridine rings is 1. The molecule has 7 nitrogen and oxygen atoms in total. The molecule has 2 aromatic heterocycles. The molecule has 0 fully saturated rings. The summed E-state index contributed by atoms with van der Waals surface area (Å²) in [4.78, 5) is 27.9. The molecule has 0 aliphatic heterocycles. The number of ether oxygens (including phenoxy) is 1. The highest BCUT2D eigenvalue weighted by atomic mass is 32.1. The van der Waals surface area contributed by atoms with Crippen molar-refractivity contribution in [2.75, 3.05) is 12.4 Å². The van der Waals surface area contributed by atoms with E-state index in [2.05, 4.69) is 20.5 Å². The zero-order chi connectivity index (χ0) is 17.1. The summed E-state index contributed by atoms with van der Waals surface area (Å²) in [6, 6.07) is 5.09. The predicted octanol–water partition coefficient (Wildman–Crippen LogP) is 2.59. The summed E-state index contributed by atoms with van der Waals surface area (Å²) in [5.41, 5.74) is 0.292. The highest BCUT2D eigenvalue weighted by Gasteiger charge is 2.15. The number of anilines is 1. The van der Waals surface area contributed by atoms with E-state index >= 15 is 0 Å². The number of fused-ring (bicyclic) bond motifs is 1. The van der Waals surface area contributed by atoms with E-state index < -0.39 is 5.91 Å². The smallest absolute Gasteiger partial charge is 0.262 e. The molecule has 0 unspecified atom stereocenters. The van der Waals surface area contributed by atoms with E-state index in [1.54, 1.807) is 18.2 Å². The minimum atomic E-state index is -0.514. The van der Waals surface area contributed by atoms with E-state index in [1.165, 1.54) is 24.6 Å². The van der Waals surface area contributed by atoms with Gasteiger partial charge in [0.1, 0.15) is 16.3 Å². The summed E-state index contributed by atoms with van der Waals surface area (Å²) in [5, 5.41) is 12.2. The Kier molecular flexibility index (Phi) is 4.57. The lowest BCUT2D eigenvalue weighted by Crippen LogP contribution is -2.21. The van der Waals surface area contributed by atoms with Crippen molar-refractivity contribution in [3.63, 3.8) is 0 Å². The molecule has 0 bridgehead atoms. The zero-order valence-corrected chi connectivity index (χ0v) is 14.1. The number of nitrogens with zero attached hydrogens (tertiary/aromatic N) is 2. The maximum Gasteiger partial charge on any atom is 0.262 e. The number of nitrogens with one attached hydrogen (secondary N) is 2. The second kappa shape index (κ2) is 6.79. The third-order valence-electron chi connectivity index (χ3n) is 3.48. The summed E-state index contributed by atoms with van der Waals surface area (Å²) >= 11 is 1.31. The number of benzene rings is 1. The van der Waals surface area contributed by atoms with Crippen molar-refractivity contribution in [2.24, 2.45) is 0 Å². The van der Waals surface area contributed by atoms with Crippen LogP contribution in [-0.4, -0.2) is 28.2 Å². The molecule has 0 radical (unpaired) electrons. The number of H-pyrrole nitrogens is 1. The normalized spacial score (nSPS) is 10.8. The van der Waals surface area contributed by atoms with E-state index in [0.717, 1.165) is 17.8 Å². The third-order valence-corrected chi connectivity index (χ3v) is 4.38. The van der Waals surface area contributed by atoms with Crippen LogP contribution in [0.3, 0.4) is 0 Å². The van der Waals surface area contributed by atoms with Gasteiger partial charge in [0.15, 0.2) is 0 Å². The number of amides is 1. The molecular formula is C16H16N4O3S. The quantitative estimate of drug-likeness (QED) is 0.741. The van der Waals surface area contributed by atoms with Gasteiger partial charge < -0.3 is 9.72 Å². The molecule has 0 spiro atoms. The monoisotopic (exact) mass is 344 g/mol. The third kappa shape index (κ3) is 3.13. The van der Waals surface area contributed by atoms with Crippen LogP contribution in [0.5, 0.6) is 5.75 Å². The van der Waals surface area contributed by atoms with Crippen molar-refractivity contribution in [1.82, 2.24) is 15.2 Å². The first kappa shape index (κ1) is 16.1. The fourth-order valence-corrected chi connectivity index (χ4v) is 3.11. The van der Waals surface area contributed by atoms with Crippen LogP contribution in [0, 0.1) is 0 Å². The fraction of sp³-hybridized carbons (Fsp3) is 0.250. The van der Waals surface area contributed by atoms with Crippen LogP contribution >= 0.6 is 11.3 Å². The molecule has 24 heavy (non-hydrogen) atoms. The first-order chi connectivity index (χ1) is 11.6. The highest BCUT2D eigenvalue weighted by Crippen LogP contribution is 2.19. The zero-order valence-electron chi connectivity index (χ0n) is 13.3. The summed E-state index contributed by atoms with van der Waals surface area (Å²) < 4.78 is 5.13. The van der Waals surface area contributed by atoms with Crippen molar-refractivity contribution >= 4 is 33.3 Å². The van der Waals surface area contributed by atoms with Crippen LogP contribution in [0.4, 0.5) is 5.13 Å². The lowest BCUT2D eigenvalue weighted by Gasteiger charge is -2.05. The lowest BCUT2D eigenvalue weighted by molar-refractivity contribution is 0.102. The molecule has 0 aliphatic rings. The van der Waals surface area contributed by atoms with Gasteiger partial charge >= 0.3 is 0 Å². The first-order valence-corrected chi connectivity index (χ1v) is 8.27. The van der Waals surface area contributed by atoms with Gasteiger partial charge in [-0.15, -0.1) is 10.2 Å². The van der Waals surface area contributed by atoms with Crippen LogP contribution < -0.4 is 15.5 Å². The van der Waals surface area contributed by atoms with Gasteiger partial charge in [-0.2, -0.15) is 0 Å². The lowest BCUT2D eigenvalue weighted by atomic mass is 10.1. The minimum absolute atomic E-state index is 0.0167. The number of rotatable bonds is 5. The molecule has 2 N–H and O–H groups in total.